The van der Waals surface area contributed by atoms with E-state index in [0.29, 0.717) is 24.1 Å². The van der Waals surface area contributed by atoms with Gasteiger partial charge >= 0.3 is 0 Å². The molecule has 2 atom stereocenters. The summed E-state index contributed by atoms with van der Waals surface area (Å²) < 4.78 is 0. The maximum atomic E-state index is 13.3. The third-order valence-electron chi connectivity index (χ3n) is 6.08. The van der Waals surface area contributed by atoms with Gasteiger partial charge in [-0.15, -0.1) is 0 Å². The summed E-state index contributed by atoms with van der Waals surface area (Å²) in [4.78, 5) is 32.8. The summed E-state index contributed by atoms with van der Waals surface area (Å²) in [6.45, 7) is 0.508. The van der Waals surface area contributed by atoms with Crippen molar-refractivity contribution in [1.82, 2.24) is 10.2 Å². The predicted molar refractivity (Wildman–Crippen MR) is 135 cm³/mol. The smallest absolute Gasteiger partial charge is 0.254 e. The highest BCUT2D eigenvalue weighted by atomic mass is 16.6. The van der Waals surface area contributed by atoms with Gasteiger partial charge in [0.2, 0.25) is 5.91 Å². The fraction of sp³-hybridized carbons (Fsp3) is 0.250. The van der Waals surface area contributed by atoms with Crippen LogP contribution in [0.1, 0.15) is 34.9 Å². The highest BCUT2D eigenvalue weighted by Crippen LogP contribution is 2.23. The first-order valence-electron chi connectivity index (χ1n) is 11.6. The largest absolute Gasteiger partial charge is 0.399 e. The van der Waals surface area contributed by atoms with Gasteiger partial charge in [0.15, 0.2) is 0 Å². The molecule has 1 heterocycles. The van der Waals surface area contributed by atoms with Crippen molar-refractivity contribution in [2.24, 2.45) is 5.16 Å². The molecule has 0 aromatic heterocycles. The minimum atomic E-state index is -0.695. The van der Waals surface area contributed by atoms with Crippen LogP contribution in [0, 0.1) is 0 Å². The van der Waals surface area contributed by atoms with Gasteiger partial charge < -0.3 is 20.2 Å². The number of carbonyl (C=O) groups is 2. The number of oxime groups is 1. The fourth-order valence-electron chi connectivity index (χ4n) is 4.24. The normalized spacial score (nSPS) is 17.3. The van der Waals surface area contributed by atoms with Crippen molar-refractivity contribution in [3.8, 4) is 11.1 Å². The molecule has 0 radical (unpaired) electrons. The zero-order chi connectivity index (χ0) is 24.6. The number of aliphatic hydroxyl groups excluding tert-OH is 1. The number of carbonyl (C=O) groups excluding carboxylic acids is 2. The lowest BCUT2D eigenvalue weighted by atomic mass is 10.0. The molecule has 7 nitrogen and oxygen atoms in total. The van der Waals surface area contributed by atoms with Crippen LogP contribution in [-0.2, 0) is 9.63 Å². The van der Waals surface area contributed by atoms with Gasteiger partial charge in [-0.25, -0.2) is 0 Å². The van der Waals surface area contributed by atoms with Crippen LogP contribution < -0.4 is 5.32 Å². The van der Waals surface area contributed by atoms with Crippen LogP contribution in [0.15, 0.2) is 90.1 Å². The summed E-state index contributed by atoms with van der Waals surface area (Å²) in [5.41, 5.74) is 4.01. The van der Waals surface area contributed by atoms with E-state index in [2.05, 4.69) is 10.5 Å². The van der Waals surface area contributed by atoms with Crippen LogP contribution >= 0.6 is 0 Å². The molecular weight excluding hydrogens is 442 g/mol. The van der Waals surface area contributed by atoms with Crippen LogP contribution in [0.5, 0.6) is 0 Å². The second kappa shape index (κ2) is 11.4. The zero-order valence-corrected chi connectivity index (χ0v) is 19.6. The molecule has 3 aromatic carbocycles. The molecule has 3 aromatic rings. The molecule has 1 fully saturated rings. The second-order valence-electron chi connectivity index (χ2n) is 8.44. The number of hydrogen-bond acceptors (Lipinski definition) is 5. The molecule has 7 heteroatoms. The lowest BCUT2D eigenvalue weighted by Crippen LogP contribution is -2.46. The van der Waals surface area contributed by atoms with Crippen LogP contribution in [-0.4, -0.2) is 53.8 Å². The van der Waals surface area contributed by atoms with Crippen LogP contribution in [0.25, 0.3) is 11.1 Å². The summed E-state index contributed by atoms with van der Waals surface area (Å²) in [5.74, 6) is -0.517. The topological polar surface area (TPSA) is 91.2 Å². The Balaban J connectivity index is 1.42. The van der Waals surface area contributed by atoms with Gasteiger partial charge in [0, 0.05) is 18.5 Å². The Morgan fingerprint density at radius 3 is 2.29 bits per heavy atom. The lowest BCUT2D eigenvalue weighted by Gasteiger charge is -2.24. The van der Waals surface area contributed by atoms with Crippen molar-refractivity contribution in [1.29, 1.82) is 0 Å². The van der Waals surface area contributed by atoms with Crippen LogP contribution in [0.3, 0.4) is 0 Å². The van der Waals surface area contributed by atoms with Crippen molar-refractivity contribution in [3.63, 3.8) is 0 Å². The molecule has 0 spiro atoms. The maximum Gasteiger partial charge on any atom is 0.254 e. The molecule has 1 saturated heterocycles. The first-order chi connectivity index (χ1) is 17.1. The van der Waals surface area contributed by atoms with E-state index in [9.17, 15) is 14.7 Å². The van der Waals surface area contributed by atoms with Crippen LogP contribution in [0.2, 0.25) is 0 Å². The highest BCUT2D eigenvalue weighted by molar-refractivity contribution is 6.05. The first-order valence-corrected chi connectivity index (χ1v) is 11.6. The quantitative estimate of drug-likeness (QED) is 0.489. The van der Waals surface area contributed by atoms with E-state index in [1.807, 2.05) is 72.8 Å². The number of nitrogens with zero attached hydrogens (tertiary/aromatic N) is 2. The summed E-state index contributed by atoms with van der Waals surface area (Å²) in [5, 5.41) is 17.2. The number of amides is 2. The Morgan fingerprint density at radius 1 is 1.00 bits per heavy atom. The Morgan fingerprint density at radius 2 is 1.63 bits per heavy atom. The SMILES string of the molecule is CO/N=C1\C[C@@H](C(=O)NCC[C@@H](O)c2ccccc2)N(C(=O)c2ccc(-c3ccccc3)cc2)C1. The van der Waals surface area contributed by atoms with Gasteiger partial charge in [0.25, 0.3) is 5.91 Å². The first kappa shape index (κ1) is 24.2. The van der Waals surface area contributed by atoms with E-state index < -0.39 is 12.1 Å². The molecule has 2 amide bonds. The number of nitrogens with one attached hydrogen (secondary N) is 1. The van der Waals surface area contributed by atoms with Gasteiger partial charge in [0.1, 0.15) is 13.2 Å². The molecule has 35 heavy (non-hydrogen) atoms. The molecule has 0 bridgehead atoms. The maximum absolute atomic E-state index is 13.3. The Bertz CT molecular complexity index is 1160. The fourth-order valence-corrected chi connectivity index (χ4v) is 4.24. The van der Waals surface area contributed by atoms with Crippen molar-refractivity contribution < 1.29 is 19.5 Å². The Kier molecular flexibility index (Phi) is 7.90. The second-order valence-corrected chi connectivity index (χ2v) is 8.44. The predicted octanol–water partition coefficient (Wildman–Crippen LogP) is 3.81. The van der Waals surface area contributed by atoms with Gasteiger partial charge in [0.05, 0.1) is 18.4 Å². The van der Waals surface area contributed by atoms with Crippen molar-refractivity contribution in [2.45, 2.75) is 25.0 Å². The average molecular weight is 472 g/mol. The monoisotopic (exact) mass is 471 g/mol. The van der Waals surface area contributed by atoms with E-state index in [-0.39, 0.29) is 24.9 Å². The molecule has 4 rings (SSSR count). The molecule has 180 valence electrons. The number of rotatable bonds is 8. The number of aliphatic hydroxyl groups is 1. The van der Waals surface area contributed by atoms with E-state index in [1.165, 1.54) is 12.0 Å². The van der Waals surface area contributed by atoms with Crippen molar-refractivity contribution in [2.75, 3.05) is 20.2 Å². The lowest BCUT2D eigenvalue weighted by molar-refractivity contribution is -0.124. The Hall–Kier alpha value is -3.97. The Labute approximate surface area is 205 Å². The van der Waals surface area contributed by atoms with E-state index in [4.69, 9.17) is 4.84 Å². The zero-order valence-electron chi connectivity index (χ0n) is 19.6. The molecule has 1 aliphatic rings. The summed E-state index contributed by atoms with van der Waals surface area (Å²) in [6.07, 6.45) is -0.00272. The molecular formula is C28H29N3O4. The third kappa shape index (κ3) is 5.94. The summed E-state index contributed by atoms with van der Waals surface area (Å²) >= 11 is 0. The van der Waals surface area contributed by atoms with Crippen molar-refractivity contribution in [3.05, 3.63) is 96.1 Å². The number of likely N-dealkylation sites (tertiary alicyclic amines) is 1. The molecule has 2 N–H and O–H groups in total. The van der Waals surface area contributed by atoms with Gasteiger partial charge in [-0.05, 0) is 35.2 Å². The van der Waals surface area contributed by atoms with Crippen LogP contribution in [0.4, 0.5) is 0 Å². The number of benzene rings is 3. The minimum absolute atomic E-state index is 0.220. The average Bonchev–Trinajstić information content (AvgIpc) is 3.33. The molecule has 1 aliphatic heterocycles. The van der Waals surface area contributed by atoms with E-state index >= 15 is 0 Å². The van der Waals surface area contributed by atoms with Crippen molar-refractivity contribution >= 4 is 17.5 Å². The third-order valence-corrected chi connectivity index (χ3v) is 6.08. The minimum Gasteiger partial charge on any atom is -0.399 e. The molecule has 0 unspecified atom stereocenters. The standard InChI is InChI=1S/C28H29N3O4/c1-35-30-24-18-25(27(33)29-17-16-26(32)22-10-6-3-7-11-22)31(19-24)28(34)23-14-12-21(13-15-23)20-8-4-2-5-9-20/h2-15,25-26,32H,16-19H2,1H3,(H,29,33)/b30-24+/t25-,26+/m0/s1. The molecule has 0 saturated carbocycles. The number of hydrogen-bond donors (Lipinski definition) is 2. The van der Waals surface area contributed by atoms with E-state index in [1.54, 1.807) is 12.1 Å². The van der Waals surface area contributed by atoms with Gasteiger partial charge in [-0.3, -0.25) is 9.59 Å². The summed E-state index contributed by atoms with van der Waals surface area (Å²) in [7, 11) is 1.44. The van der Waals surface area contributed by atoms with E-state index in [0.717, 1.165) is 16.7 Å². The van der Waals surface area contributed by atoms with Gasteiger partial charge in [-0.2, -0.15) is 0 Å². The summed E-state index contributed by atoms with van der Waals surface area (Å²) in [6, 6.07) is 25.9. The highest BCUT2D eigenvalue weighted by Gasteiger charge is 2.38. The molecule has 0 aliphatic carbocycles. The van der Waals surface area contributed by atoms with Gasteiger partial charge in [-0.1, -0.05) is 78.0 Å².